The maximum absolute atomic E-state index is 12.9. The summed E-state index contributed by atoms with van der Waals surface area (Å²) in [4.78, 5) is 14.7. The third-order valence-corrected chi connectivity index (χ3v) is 7.04. The third-order valence-electron chi connectivity index (χ3n) is 5.14. The molecule has 156 valence electrons. The summed E-state index contributed by atoms with van der Waals surface area (Å²) in [7, 11) is -1.64. The van der Waals surface area contributed by atoms with Gasteiger partial charge in [0.1, 0.15) is 0 Å². The van der Waals surface area contributed by atoms with Crippen LogP contribution in [0.25, 0.3) is 0 Å². The van der Waals surface area contributed by atoms with Crippen LogP contribution in [0.5, 0.6) is 0 Å². The highest BCUT2D eigenvalue weighted by atomic mass is 32.2. The summed E-state index contributed by atoms with van der Waals surface area (Å²) in [5, 5.41) is 2.88. The van der Waals surface area contributed by atoms with Gasteiger partial charge in [-0.3, -0.25) is 9.69 Å². The number of hydrogen-bond acceptors (Lipinski definition) is 4. The quantitative estimate of drug-likeness (QED) is 0.754. The summed E-state index contributed by atoms with van der Waals surface area (Å²) in [5.74, 6) is -0.168. The minimum Gasteiger partial charge on any atom is -0.325 e. The number of anilines is 1. The van der Waals surface area contributed by atoms with Gasteiger partial charge in [-0.15, -0.1) is 0 Å². The lowest BCUT2D eigenvalue weighted by Crippen LogP contribution is -2.35. The molecule has 1 aliphatic heterocycles. The zero-order valence-corrected chi connectivity index (χ0v) is 17.9. The second-order valence-electron chi connectivity index (χ2n) is 7.65. The van der Waals surface area contributed by atoms with E-state index in [1.165, 1.54) is 0 Å². The van der Waals surface area contributed by atoms with Crippen LogP contribution >= 0.6 is 0 Å². The van der Waals surface area contributed by atoms with E-state index in [2.05, 4.69) is 5.32 Å². The zero-order chi connectivity index (χ0) is 20.9. The molecule has 0 spiro atoms. The SMILES string of the molecule is Cc1ccc(S(=O)(=O)N2CCCCC2)cc1NC(=O)CN(C)Cc1ccccc1. The molecule has 2 aromatic rings. The average Bonchev–Trinajstić information content (AvgIpc) is 2.70. The standard InChI is InChI=1S/C22H29N3O3S/c1-18-11-12-20(29(27,28)25-13-7-4-8-14-25)15-21(18)23-22(26)17-24(2)16-19-9-5-3-6-10-19/h3,5-6,9-12,15H,4,7-8,13-14,16-17H2,1-2H3,(H,23,26). The van der Waals surface area contributed by atoms with Crippen molar-refractivity contribution in [3.63, 3.8) is 0 Å². The minimum atomic E-state index is -3.53. The third kappa shape index (κ3) is 5.65. The largest absolute Gasteiger partial charge is 0.325 e. The smallest absolute Gasteiger partial charge is 0.243 e. The Labute approximate surface area is 173 Å². The molecule has 1 N–H and O–H groups in total. The molecule has 2 aromatic carbocycles. The van der Waals surface area contributed by atoms with Gasteiger partial charge in [-0.1, -0.05) is 42.8 Å². The second kappa shape index (κ2) is 9.52. The van der Waals surface area contributed by atoms with E-state index in [9.17, 15) is 13.2 Å². The van der Waals surface area contributed by atoms with E-state index in [1.807, 2.05) is 49.2 Å². The number of carbonyl (C=O) groups excluding carboxylic acids is 1. The van der Waals surface area contributed by atoms with Gasteiger partial charge >= 0.3 is 0 Å². The molecular weight excluding hydrogens is 386 g/mol. The summed E-state index contributed by atoms with van der Waals surface area (Å²) in [6.07, 6.45) is 2.85. The molecule has 1 aliphatic rings. The minimum absolute atomic E-state index is 0.168. The van der Waals surface area contributed by atoms with Gasteiger partial charge in [0.15, 0.2) is 0 Å². The lowest BCUT2D eigenvalue weighted by Gasteiger charge is -2.26. The molecule has 0 atom stereocenters. The van der Waals surface area contributed by atoms with Crippen molar-refractivity contribution in [2.75, 3.05) is 32.0 Å². The van der Waals surface area contributed by atoms with E-state index in [1.54, 1.807) is 22.5 Å². The van der Waals surface area contributed by atoms with Crippen LogP contribution in [0.4, 0.5) is 5.69 Å². The highest BCUT2D eigenvalue weighted by Gasteiger charge is 2.26. The first-order chi connectivity index (χ1) is 13.9. The molecule has 7 heteroatoms. The highest BCUT2D eigenvalue weighted by Crippen LogP contribution is 2.25. The van der Waals surface area contributed by atoms with Gasteiger partial charge in [0.2, 0.25) is 15.9 Å². The molecule has 0 saturated carbocycles. The molecule has 1 heterocycles. The van der Waals surface area contributed by atoms with E-state index < -0.39 is 10.0 Å². The van der Waals surface area contributed by atoms with Gasteiger partial charge in [0, 0.05) is 25.3 Å². The van der Waals surface area contributed by atoms with Crippen LogP contribution < -0.4 is 5.32 Å². The summed E-state index contributed by atoms with van der Waals surface area (Å²) >= 11 is 0. The Hall–Kier alpha value is -2.22. The molecule has 0 aliphatic carbocycles. The molecular formula is C22H29N3O3S. The van der Waals surface area contributed by atoms with Gasteiger partial charge in [-0.2, -0.15) is 4.31 Å². The second-order valence-corrected chi connectivity index (χ2v) is 9.59. The van der Waals surface area contributed by atoms with E-state index in [0.717, 1.165) is 30.4 Å². The van der Waals surface area contributed by atoms with Crippen molar-refractivity contribution in [1.29, 1.82) is 0 Å². The number of amides is 1. The molecule has 29 heavy (non-hydrogen) atoms. The number of sulfonamides is 1. The summed E-state index contributed by atoms with van der Waals surface area (Å²) in [6, 6.07) is 14.9. The Kier molecular flexibility index (Phi) is 7.05. The van der Waals surface area contributed by atoms with Gasteiger partial charge in [-0.05, 0) is 50.1 Å². The van der Waals surface area contributed by atoms with Crippen LogP contribution in [0, 0.1) is 6.92 Å². The normalized spacial score (nSPS) is 15.4. The number of benzene rings is 2. The molecule has 1 amide bonds. The number of likely N-dealkylation sites (N-methyl/N-ethyl adjacent to an activating group) is 1. The van der Waals surface area contributed by atoms with E-state index in [-0.39, 0.29) is 17.3 Å². The number of carbonyl (C=O) groups is 1. The lowest BCUT2D eigenvalue weighted by molar-refractivity contribution is -0.117. The predicted octanol–water partition coefficient (Wildman–Crippen LogP) is 3.24. The van der Waals surface area contributed by atoms with Crippen molar-refractivity contribution in [2.24, 2.45) is 0 Å². The fraction of sp³-hybridized carbons (Fsp3) is 0.409. The highest BCUT2D eigenvalue weighted by molar-refractivity contribution is 7.89. The Bertz CT molecular complexity index is 939. The number of aryl methyl sites for hydroxylation is 1. The topological polar surface area (TPSA) is 69.7 Å². The van der Waals surface area contributed by atoms with Crippen LogP contribution in [-0.2, 0) is 21.4 Å². The van der Waals surface area contributed by atoms with Gasteiger partial charge in [0.05, 0.1) is 11.4 Å². The fourth-order valence-electron chi connectivity index (χ4n) is 3.54. The molecule has 1 saturated heterocycles. The number of hydrogen-bond donors (Lipinski definition) is 1. The van der Waals surface area contributed by atoms with Gasteiger partial charge < -0.3 is 5.32 Å². The van der Waals surface area contributed by atoms with E-state index >= 15 is 0 Å². The van der Waals surface area contributed by atoms with Crippen LogP contribution in [0.2, 0.25) is 0 Å². The maximum atomic E-state index is 12.9. The molecule has 0 aromatic heterocycles. The maximum Gasteiger partial charge on any atom is 0.243 e. The summed E-state index contributed by atoms with van der Waals surface area (Å²) in [6.45, 7) is 3.86. The molecule has 0 unspecified atom stereocenters. The first-order valence-corrected chi connectivity index (χ1v) is 11.4. The Morgan fingerprint density at radius 1 is 1.07 bits per heavy atom. The number of nitrogens with zero attached hydrogens (tertiary/aromatic N) is 2. The summed E-state index contributed by atoms with van der Waals surface area (Å²) in [5.41, 5.74) is 2.51. The first-order valence-electron chi connectivity index (χ1n) is 9.99. The van der Waals surface area contributed by atoms with Crippen LogP contribution in [-0.4, -0.2) is 50.2 Å². The Morgan fingerprint density at radius 3 is 2.45 bits per heavy atom. The summed E-state index contributed by atoms with van der Waals surface area (Å²) < 4.78 is 27.4. The Morgan fingerprint density at radius 2 is 1.76 bits per heavy atom. The number of rotatable bonds is 7. The van der Waals surface area contributed by atoms with Crippen LogP contribution in [0.15, 0.2) is 53.4 Å². The lowest BCUT2D eigenvalue weighted by atomic mass is 10.2. The van der Waals surface area contributed by atoms with E-state index in [0.29, 0.717) is 25.3 Å². The Balaban J connectivity index is 1.67. The number of nitrogens with one attached hydrogen (secondary N) is 1. The van der Waals surface area contributed by atoms with Crippen LogP contribution in [0.1, 0.15) is 30.4 Å². The molecule has 3 rings (SSSR count). The average molecular weight is 416 g/mol. The van der Waals surface area contributed by atoms with Crippen molar-refractivity contribution in [3.05, 3.63) is 59.7 Å². The van der Waals surface area contributed by atoms with Crippen molar-refractivity contribution < 1.29 is 13.2 Å². The van der Waals surface area contributed by atoms with Crippen molar-refractivity contribution in [2.45, 2.75) is 37.6 Å². The monoisotopic (exact) mass is 415 g/mol. The van der Waals surface area contributed by atoms with E-state index in [4.69, 9.17) is 0 Å². The van der Waals surface area contributed by atoms with Crippen molar-refractivity contribution in [3.8, 4) is 0 Å². The molecule has 6 nitrogen and oxygen atoms in total. The van der Waals surface area contributed by atoms with Gasteiger partial charge in [0.25, 0.3) is 0 Å². The van der Waals surface area contributed by atoms with Crippen LogP contribution in [0.3, 0.4) is 0 Å². The van der Waals surface area contributed by atoms with Crippen molar-refractivity contribution in [1.82, 2.24) is 9.21 Å². The number of piperidine rings is 1. The predicted molar refractivity (Wildman–Crippen MR) is 115 cm³/mol. The fourth-order valence-corrected chi connectivity index (χ4v) is 5.08. The van der Waals surface area contributed by atoms with Crippen molar-refractivity contribution >= 4 is 21.6 Å². The zero-order valence-electron chi connectivity index (χ0n) is 17.1. The van der Waals surface area contributed by atoms with Gasteiger partial charge in [-0.25, -0.2) is 8.42 Å². The molecule has 0 radical (unpaired) electrons. The molecule has 0 bridgehead atoms. The molecule has 1 fully saturated rings. The first kappa shape index (κ1) is 21.5.